The standard InChI is InChI=1S/C33H47N3O5/c1-3-40-30(38)8-7-19-34-29(37)24-33(16-5-4-6-17-33)18-22-36-20-13-27(14-21-36)35-32(39)31-28(15-23-41-31)26-11-9-25(2)10-12-26/h9-12,15,23,27H,3-8,13-14,16-22,24H2,1-2H3,(H,34,37)(H,35,39). The summed E-state index contributed by atoms with van der Waals surface area (Å²) in [7, 11) is 0. The van der Waals surface area contributed by atoms with Crippen LogP contribution in [0.1, 0.15) is 93.7 Å². The van der Waals surface area contributed by atoms with Gasteiger partial charge >= 0.3 is 5.97 Å². The van der Waals surface area contributed by atoms with E-state index >= 15 is 0 Å². The number of furan rings is 1. The predicted octanol–water partition coefficient (Wildman–Crippen LogP) is 5.64. The highest BCUT2D eigenvalue weighted by atomic mass is 16.5. The highest BCUT2D eigenvalue weighted by Gasteiger charge is 2.35. The van der Waals surface area contributed by atoms with E-state index in [1.807, 2.05) is 37.3 Å². The van der Waals surface area contributed by atoms with Gasteiger partial charge in [-0.1, -0.05) is 49.1 Å². The molecule has 1 saturated heterocycles. The lowest BCUT2D eigenvalue weighted by molar-refractivity contribution is -0.143. The Kier molecular flexibility index (Phi) is 11.4. The number of amides is 2. The van der Waals surface area contributed by atoms with E-state index in [1.54, 1.807) is 13.2 Å². The third-order valence-corrected chi connectivity index (χ3v) is 8.75. The Bertz CT molecular complexity index is 1130. The van der Waals surface area contributed by atoms with Crippen LogP contribution in [0.2, 0.25) is 0 Å². The molecule has 8 nitrogen and oxygen atoms in total. The molecule has 0 radical (unpaired) electrons. The normalized spacial score (nSPS) is 17.6. The van der Waals surface area contributed by atoms with Crippen LogP contribution >= 0.6 is 0 Å². The molecule has 0 unspecified atom stereocenters. The second kappa shape index (κ2) is 15.2. The quantitative estimate of drug-likeness (QED) is 0.241. The molecule has 2 amide bonds. The number of nitrogens with one attached hydrogen (secondary N) is 2. The maximum absolute atomic E-state index is 13.1. The Hall–Kier alpha value is -3.13. The topological polar surface area (TPSA) is 101 Å². The Morgan fingerprint density at radius 3 is 2.49 bits per heavy atom. The first-order chi connectivity index (χ1) is 19.9. The predicted molar refractivity (Wildman–Crippen MR) is 159 cm³/mol. The lowest BCUT2D eigenvalue weighted by Gasteiger charge is -2.40. The van der Waals surface area contributed by atoms with E-state index in [2.05, 4.69) is 15.5 Å². The molecule has 0 atom stereocenters. The zero-order valence-electron chi connectivity index (χ0n) is 24.8. The van der Waals surface area contributed by atoms with Gasteiger partial charge in [-0.2, -0.15) is 0 Å². The van der Waals surface area contributed by atoms with Gasteiger partial charge in [-0.3, -0.25) is 14.4 Å². The number of carbonyl (C=O) groups excluding carboxylic acids is 3. The summed E-state index contributed by atoms with van der Waals surface area (Å²) in [6, 6.07) is 10.1. The zero-order chi connectivity index (χ0) is 29.1. The minimum absolute atomic E-state index is 0.0558. The van der Waals surface area contributed by atoms with Crippen LogP contribution in [0.5, 0.6) is 0 Å². The van der Waals surface area contributed by atoms with Crippen molar-refractivity contribution in [3.05, 3.63) is 47.9 Å². The Morgan fingerprint density at radius 2 is 1.78 bits per heavy atom. The molecule has 2 N–H and O–H groups in total. The van der Waals surface area contributed by atoms with Crippen LogP contribution in [-0.2, 0) is 14.3 Å². The molecule has 2 heterocycles. The molecule has 1 aliphatic carbocycles. The van der Waals surface area contributed by atoms with Gasteiger partial charge in [0.05, 0.1) is 12.9 Å². The third kappa shape index (κ3) is 9.18. The summed E-state index contributed by atoms with van der Waals surface area (Å²) in [5.74, 6) is 0.107. The number of benzene rings is 1. The van der Waals surface area contributed by atoms with E-state index in [0.717, 1.165) is 62.9 Å². The lowest BCUT2D eigenvalue weighted by Crippen LogP contribution is -2.46. The number of aryl methyl sites for hydroxylation is 1. The molecular weight excluding hydrogens is 518 g/mol. The summed E-state index contributed by atoms with van der Waals surface area (Å²) < 4.78 is 10.6. The molecule has 1 saturated carbocycles. The maximum Gasteiger partial charge on any atom is 0.305 e. The number of nitrogens with zero attached hydrogens (tertiary/aromatic N) is 1. The largest absolute Gasteiger partial charge is 0.466 e. The van der Waals surface area contributed by atoms with E-state index in [-0.39, 0.29) is 29.2 Å². The summed E-state index contributed by atoms with van der Waals surface area (Å²) in [6.07, 6.45) is 11.7. The molecule has 2 aliphatic rings. The molecule has 4 rings (SSSR count). The second-order valence-electron chi connectivity index (χ2n) is 11.9. The average Bonchev–Trinajstić information content (AvgIpc) is 3.46. The van der Waals surface area contributed by atoms with Crippen LogP contribution in [0.3, 0.4) is 0 Å². The van der Waals surface area contributed by atoms with Crippen LogP contribution in [0, 0.1) is 12.3 Å². The highest BCUT2D eigenvalue weighted by Crippen LogP contribution is 2.42. The van der Waals surface area contributed by atoms with E-state index in [0.29, 0.717) is 38.2 Å². The smallest absolute Gasteiger partial charge is 0.305 e. The van der Waals surface area contributed by atoms with Crippen LogP contribution < -0.4 is 10.6 Å². The van der Waals surface area contributed by atoms with Gasteiger partial charge in [0.15, 0.2) is 5.76 Å². The van der Waals surface area contributed by atoms with E-state index in [9.17, 15) is 14.4 Å². The summed E-state index contributed by atoms with van der Waals surface area (Å²) in [4.78, 5) is 39.9. The second-order valence-corrected chi connectivity index (χ2v) is 11.9. The first kappa shape index (κ1) is 30.8. The molecule has 0 spiro atoms. The molecule has 0 bridgehead atoms. The minimum atomic E-state index is -0.207. The number of hydrogen-bond acceptors (Lipinski definition) is 6. The molecule has 8 heteroatoms. The molecule has 2 fully saturated rings. The van der Waals surface area contributed by atoms with Gasteiger partial charge in [0.2, 0.25) is 5.91 Å². The summed E-state index contributed by atoms with van der Waals surface area (Å²) in [5, 5.41) is 6.23. The molecule has 1 aromatic heterocycles. The van der Waals surface area contributed by atoms with Crippen molar-refractivity contribution >= 4 is 17.8 Å². The van der Waals surface area contributed by atoms with Crippen molar-refractivity contribution in [2.75, 3.05) is 32.8 Å². The first-order valence-corrected chi connectivity index (χ1v) is 15.5. The molecule has 1 aliphatic heterocycles. The fourth-order valence-electron chi connectivity index (χ4n) is 6.31. The Balaban J connectivity index is 1.21. The van der Waals surface area contributed by atoms with Gasteiger partial charge in [0.25, 0.3) is 5.91 Å². The molecular formula is C33H47N3O5. The van der Waals surface area contributed by atoms with Gasteiger partial charge in [-0.25, -0.2) is 0 Å². The van der Waals surface area contributed by atoms with Crippen molar-refractivity contribution < 1.29 is 23.5 Å². The Labute approximate surface area is 244 Å². The number of hydrogen-bond donors (Lipinski definition) is 2. The van der Waals surface area contributed by atoms with Crippen molar-refractivity contribution in [3.8, 4) is 11.1 Å². The SMILES string of the molecule is CCOC(=O)CCCNC(=O)CC1(CCN2CCC(NC(=O)c3occc3-c3ccc(C)cc3)CC2)CCCCC1. The van der Waals surface area contributed by atoms with E-state index in [1.165, 1.54) is 24.8 Å². The van der Waals surface area contributed by atoms with Crippen LogP contribution in [-0.4, -0.2) is 61.5 Å². The van der Waals surface area contributed by atoms with Crippen LogP contribution in [0.25, 0.3) is 11.1 Å². The van der Waals surface area contributed by atoms with E-state index < -0.39 is 0 Å². The van der Waals surface area contributed by atoms with Crippen molar-refractivity contribution in [1.29, 1.82) is 0 Å². The molecule has 1 aromatic carbocycles. The third-order valence-electron chi connectivity index (χ3n) is 8.75. The summed E-state index contributed by atoms with van der Waals surface area (Å²) in [6.45, 7) is 7.59. The molecule has 224 valence electrons. The summed E-state index contributed by atoms with van der Waals surface area (Å²) in [5.41, 5.74) is 3.03. The van der Waals surface area contributed by atoms with Crippen LogP contribution in [0.15, 0.2) is 41.0 Å². The van der Waals surface area contributed by atoms with Crippen molar-refractivity contribution in [1.82, 2.24) is 15.5 Å². The number of piperidine rings is 1. The fraction of sp³-hybridized carbons (Fsp3) is 0.606. The van der Waals surface area contributed by atoms with E-state index in [4.69, 9.17) is 9.15 Å². The van der Waals surface area contributed by atoms with Crippen molar-refractivity contribution in [2.24, 2.45) is 5.41 Å². The number of likely N-dealkylation sites (tertiary alicyclic amines) is 1. The van der Waals surface area contributed by atoms with Gasteiger partial charge in [0, 0.05) is 44.1 Å². The molecule has 41 heavy (non-hydrogen) atoms. The van der Waals surface area contributed by atoms with Gasteiger partial charge < -0.3 is 24.7 Å². The number of esters is 1. The number of ether oxygens (including phenoxy) is 1. The van der Waals surface area contributed by atoms with Gasteiger partial charge in [-0.05, 0) is 76.0 Å². The van der Waals surface area contributed by atoms with Gasteiger partial charge in [-0.15, -0.1) is 0 Å². The molecule has 2 aromatic rings. The maximum atomic E-state index is 13.1. The summed E-state index contributed by atoms with van der Waals surface area (Å²) >= 11 is 0. The van der Waals surface area contributed by atoms with Crippen molar-refractivity contribution in [3.63, 3.8) is 0 Å². The number of carbonyl (C=O) groups is 3. The van der Waals surface area contributed by atoms with Gasteiger partial charge in [0.1, 0.15) is 0 Å². The number of rotatable bonds is 13. The highest BCUT2D eigenvalue weighted by molar-refractivity contribution is 5.98. The Morgan fingerprint density at radius 1 is 1.05 bits per heavy atom. The lowest BCUT2D eigenvalue weighted by atomic mass is 9.69. The minimum Gasteiger partial charge on any atom is -0.466 e. The van der Waals surface area contributed by atoms with Crippen LogP contribution in [0.4, 0.5) is 0 Å². The zero-order valence-corrected chi connectivity index (χ0v) is 24.8. The van der Waals surface area contributed by atoms with Crippen molar-refractivity contribution in [2.45, 2.75) is 90.5 Å². The monoisotopic (exact) mass is 565 g/mol. The fourth-order valence-corrected chi connectivity index (χ4v) is 6.31. The first-order valence-electron chi connectivity index (χ1n) is 15.5. The average molecular weight is 566 g/mol.